The number of amides is 1. The largest absolute Gasteiger partial charge is 0.349 e. The summed E-state index contributed by atoms with van der Waals surface area (Å²) in [6, 6.07) is 10.6. The van der Waals surface area contributed by atoms with Crippen molar-refractivity contribution < 1.29 is 4.79 Å². The molecular formula is C21H25N5O3. The highest BCUT2D eigenvalue weighted by Crippen LogP contribution is 2.17. The fourth-order valence-electron chi connectivity index (χ4n) is 3.12. The molecule has 0 spiro atoms. The number of aromatic nitrogens is 3. The molecule has 2 heterocycles. The van der Waals surface area contributed by atoms with Crippen LogP contribution in [0.15, 0.2) is 46.0 Å². The first-order chi connectivity index (χ1) is 13.7. The minimum absolute atomic E-state index is 0.114. The van der Waals surface area contributed by atoms with Crippen LogP contribution in [0.25, 0.3) is 11.0 Å². The van der Waals surface area contributed by atoms with Crippen molar-refractivity contribution in [1.29, 1.82) is 0 Å². The van der Waals surface area contributed by atoms with Crippen molar-refractivity contribution in [3.8, 4) is 0 Å². The van der Waals surface area contributed by atoms with E-state index in [1.54, 1.807) is 0 Å². The average molecular weight is 395 g/mol. The minimum Gasteiger partial charge on any atom is -0.349 e. The molecule has 3 rings (SSSR count). The van der Waals surface area contributed by atoms with Crippen molar-refractivity contribution in [3.05, 3.63) is 74.1 Å². The van der Waals surface area contributed by atoms with Crippen LogP contribution in [0.3, 0.4) is 0 Å². The summed E-state index contributed by atoms with van der Waals surface area (Å²) in [6.45, 7) is 4.48. The Bertz CT molecular complexity index is 1180. The second-order valence-electron chi connectivity index (χ2n) is 7.41. The number of rotatable bonds is 5. The molecule has 29 heavy (non-hydrogen) atoms. The fraction of sp³-hybridized carbons (Fsp3) is 0.333. The molecule has 0 aliphatic heterocycles. The molecule has 0 saturated heterocycles. The predicted octanol–water partition coefficient (Wildman–Crippen LogP) is 1.19. The standard InChI is InChI=1S/C21H25N5O3/c1-12(2)13-5-7-14(8-6-13)16(22)11-23-19(27)17-10-9-15-18(24-17)25(3)21(29)26(4)20(15)28/h5-10,12,16H,11,22H2,1-4H3,(H,23,27). The summed E-state index contributed by atoms with van der Waals surface area (Å²) in [5.74, 6) is 0.0148. The van der Waals surface area contributed by atoms with Crippen LogP contribution in [0.2, 0.25) is 0 Å². The molecule has 8 nitrogen and oxygen atoms in total. The molecule has 152 valence electrons. The Hall–Kier alpha value is -3.26. The molecule has 0 aliphatic rings. The molecule has 3 N–H and O–H groups in total. The second-order valence-corrected chi connectivity index (χ2v) is 7.41. The summed E-state index contributed by atoms with van der Waals surface area (Å²) >= 11 is 0. The highest BCUT2D eigenvalue weighted by atomic mass is 16.2. The van der Waals surface area contributed by atoms with Crippen LogP contribution in [-0.4, -0.2) is 26.6 Å². The topological polar surface area (TPSA) is 112 Å². The Morgan fingerprint density at radius 3 is 2.28 bits per heavy atom. The van der Waals surface area contributed by atoms with Crippen LogP contribution < -0.4 is 22.3 Å². The van der Waals surface area contributed by atoms with E-state index in [1.807, 2.05) is 24.3 Å². The molecule has 8 heteroatoms. The van der Waals surface area contributed by atoms with E-state index in [-0.39, 0.29) is 29.3 Å². The zero-order valence-electron chi connectivity index (χ0n) is 17.0. The van der Waals surface area contributed by atoms with Crippen molar-refractivity contribution in [2.24, 2.45) is 19.8 Å². The molecule has 0 radical (unpaired) electrons. The third kappa shape index (κ3) is 3.97. The second kappa shape index (κ2) is 8.00. The fourth-order valence-corrected chi connectivity index (χ4v) is 3.12. The SMILES string of the molecule is CC(C)c1ccc(C(N)CNC(=O)c2ccc3c(=O)n(C)c(=O)n(C)c3n2)cc1. The van der Waals surface area contributed by atoms with Crippen molar-refractivity contribution >= 4 is 16.9 Å². The minimum atomic E-state index is -0.501. The number of fused-ring (bicyclic) bond motifs is 1. The van der Waals surface area contributed by atoms with E-state index in [4.69, 9.17) is 5.73 Å². The number of benzene rings is 1. The zero-order valence-corrected chi connectivity index (χ0v) is 17.0. The lowest BCUT2D eigenvalue weighted by Gasteiger charge is -2.15. The summed E-state index contributed by atoms with van der Waals surface area (Å²) in [6.07, 6.45) is 0. The van der Waals surface area contributed by atoms with Gasteiger partial charge in [0.2, 0.25) is 0 Å². The van der Waals surface area contributed by atoms with E-state index in [1.165, 1.54) is 36.4 Å². The van der Waals surface area contributed by atoms with E-state index < -0.39 is 17.2 Å². The van der Waals surface area contributed by atoms with E-state index >= 15 is 0 Å². The van der Waals surface area contributed by atoms with Gasteiger partial charge >= 0.3 is 5.69 Å². The molecule has 0 fully saturated rings. The molecule has 0 aliphatic carbocycles. The maximum absolute atomic E-state index is 12.5. The highest BCUT2D eigenvalue weighted by molar-refractivity contribution is 5.94. The lowest BCUT2D eigenvalue weighted by atomic mass is 9.99. The summed E-state index contributed by atoms with van der Waals surface area (Å²) in [7, 11) is 2.91. The van der Waals surface area contributed by atoms with Gasteiger partial charge in [-0.2, -0.15) is 0 Å². The normalized spacial score (nSPS) is 12.3. The number of nitrogens with one attached hydrogen (secondary N) is 1. The van der Waals surface area contributed by atoms with Gasteiger partial charge in [0.15, 0.2) is 0 Å². The molecule has 1 atom stereocenters. The molecule has 0 bridgehead atoms. The number of pyridine rings is 1. The van der Waals surface area contributed by atoms with Crippen LogP contribution in [0.5, 0.6) is 0 Å². The van der Waals surface area contributed by atoms with E-state index in [9.17, 15) is 14.4 Å². The van der Waals surface area contributed by atoms with Crippen molar-refractivity contribution in [2.75, 3.05) is 6.54 Å². The van der Waals surface area contributed by atoms with Gasteiger partial charge in [0, 0.05) is 26.7 Å². The average Bonchev–Trinajstić information content (AvgIpc) is 2.73. The first-order valence-electron chi connectivity index (χ1n) is 9.41. The van der Waals surface area contributed by atoms with Gasteiger partial charge in [0.05, 0.1) is 5.39 Å². The summed E-state index contributed by atoms with van der Waals surface area (Å²) in [5.41, 5.74) is 7.67. The van der Waals surface area contributed by atoms with Gasteiger partial charge in [-0.25, -0.2) is 9.78 Å². The quantitative estimate of drug-likeness (QED) is 0.674. The van der Waals surface area contributed by atoms with Crippen molar-refractivity contribution in [3.63, 3.8) is 0 Å². The van der Waals surface area contributed by atoms with Gasteiger partial charge in [0.1, 0.15) is 11.3 Å². The zero-order chi connectivity index (χ0) is 21.3. The Balaban J connectivity index is 1.78. The first-order valence-corrected chi connectivity index (χ1v) is 9.41. The van der Waals surface area contributed by atoms with Crippen molar-refractivity contribution in [2.45, 2.75) is 25.8 Å². The van der Waals surface area contributed by atoms with Gasteiger partial charge in [-0.3, -0.25) is 18.7 Å². The summed E-state index contributed by atoms with van der Waals surface area (Å²) in [5, 5.41) is 3.03. The maximum atomic E-state index is 12.5. The number of aryl methyl sites for hydroxylation is 1. The molecule has 1 aromatic carbocycles. The highest BCUT2D eigenvalue weighted by Gasteiger charge is 2.15. The molecule has 3 aromatic rings. The van der Waals surface area contributed by atoms with Gasteiger partial charge in [0.25, 0.3) is 11.5 Å². The number of nitrogens with zero attached hydrogens (tertiary/aromatic N) is 3. The maximum Gasteiger partial charge on any atom is 0.332 e. The van der Waals surface area contributed by atoms with Crippen LogP contribution in [0, 0.1) is 0 Å². The Labute approximate surface area is 168 Å². The Kier molecular flexibility index (Phi) is 5.65. The van der Waals surface area contributed by atoms with Crippen LogP contribution in [0.4, 0.5) is 0 Å². The Morgan fingerprint density at radius 1 is 1.03 bits per heavy atom. The van der Waals surface area contributed by atoms with Gasteiger partial charge in [-0.1, -0.05) is 38.1 Å². The number of hydrogen-bond acceptors (Lipinski definition) is 5. The first kappa shape index (κ1) is 20.5. The monoisotopic (exact) mass is 395 g/mol. The van der Waals surface area contributed by atoms with Crippen LogP contribution >= 0.6 is 0 Å². The lowest BCUT2D eigenvalue weighted by Crippen LogP contribution is -2.38. The predicted molar refractivity (Wildman–Crippen MR) is 112 cm³/mol. The third-order valence-electron chi connectivity index (χ3n) is 5.05. The summed E-state index contributed by atoms with van der Waals surface area (Å²) in [4.78, 5) is 41.0. The van der Waals surface area contributed by atoms with Crippen LogP contribution in [0.1, 0.15) is 47.4 Å². The van der Waals surface area contributed by atoms with E-state index in [0.29, 0.717) is 5.92 Å². The summed E-state index contributed by atoms with van der Waals surface area (Å²) < 4.78 is 2.25. The lowest BCUT2D eigenvalue weighted by molar-refractivity contribution is 0.0946. The number of carbonyl (C=O) groups is 1. The van der Waals surface area contributed by atoms with Crippen LogP contribution in [-0.2, 0) is 14.1 Å². The van der Waals surface area contributed by atoms with Crippen molar-refractivity contribution in [1.82, 2.24) is 19.4 Å². The van der Waals surface area contributed by atoms with E-state index in [2.05, 4.69) is 24.1 Å². The molecule has 1 amide bonds. The Morgan fingerprint density at radius 2 is 1.66 bits per heavy atom. The number of nitrogens with two attached hydrogens (primary N) is 1. The smallest absolute Gasteiger partial charge is 0.332 e. The molecular weight excluding hydrogens is 370 g/mol. The third-order valence-corrected chi connectivity index (χ3v) is 5.05. The number of hydrogen-bond donors (Lipinski definition) is 2. The molecule has 2 aromatic heterocycles. The molecule has 0 saturated carbocycles. The van der Waals surface area contributed by atoms with E-state index in [0.717, 1.165) is 10.1 Å². The van der Waals surface area contributed by atoms with Gasteiger partial charge < -0.3 is 11.1 Å². The molecule has 1 unspecified atom stereocenters. The van der Waals surface area contributed by atoms with Gasteiger partial charge in [-0.15, -0.1) is 0 Å². The van der Waals surface area contributed by atoms with Gasteiger partial charge in [-0.05, 0) is 29.2 Å². The number of carbonyl (C=O) groups excluding carboxylic acids is 1.